The van der Waals surface area contributed by atoms with Crippen molar-refractivity contribution in [2.75, 3.05) is 35.8 Å². The van der Waals surface area contributed by atoms with Gasteiger partial charge >= 0.3 is 0 Å². The van der Waals surface area contributed by atoms with Crippen molar-refractivity contribution in [2.45, 2.75) is 0 Å². The van der Waals surface area contributed by atoms with Gasteiger partial charge in [0.15, 0.2) is 0 Å². The van der Waals surface area contributed by atoms with E-state index in [9.17, 15) is 5.11 Å². The van der Waals surface area contributed by atoms with Crippen LogP contribution < -0.4 is 15.0 Å². The molecule has 0 aliphatic heterocycles. The zero-order valence-corrected chi connectivity index (χ0v) is 17.8. The number of para-hydroxylation sites is 1. The van der Waals surface area contributed by atoms with Crippen LogP contribution in [0.4, 0.5) is 17.1 Å². The summed E-state index contributed by atoms with van der Waals surface area (Å²) in [7, 11) is 0. The van der Waals surface area contributed by atoms with Gasteiger partial charge in [0.2, 0.25) is 0 Å². The molecule has 0 saturated heterocycles. The molecule has 3 aromatic carbocycles. The average molecular weight is 434 g/mol. The fraction of sp³-hybridized carbons (Fsp3) is 0.160. The number of fused-ring (bicyclic) bond motifs is 1. The van der Waals surface area contributed by atoms with Crippen LogP contribution in [0.15, 0.2) is 85.1 Å². The van der Waals surface area contributed by atoms with Crippen molar-refractivity contribution in [3.05, 3.63) is 85.1 Å². The predicted molar refractivity (Wildman–Crippen MR) is 128 cm³/mol. The molecule has 5 nitrogen and oxygen atoms in total. The van der Waals surface area contributed by atoms with Crippen LogP contribution in [0.25, 0.3) is 10.9 Å². The first-order valence-corrected chi connectivity index (χ1v) is 10.7. The highest BCUT2D eigenvalue weighted by Gasteiger charge is 2.06. The molecule has 0 unspecified atom stereocenters. The van der Waals surface area contributed by atoms with Gasteiger partial charge in [0.05, 0.1) is 12.1 Å². The lowest BCUT2D eigenvalue weighted by Crippen LogP contribution is -2.28. The number of alkyl halides is 1. The largest absolute Gasteiger partial charge is 0.457 e. The molecule has 0 amide bonds. The summed E-state index contributed by atoms with van der Waals surface area (Å²) in [6.45, 7) is 1.32. The van der Waals surface area contributed by atoms with Gasteiger partial charge in [-0.25, -0.2) is 0 Å². The maximum absolute atomic E-state index is 9.22. The molecule has 0 atom stereocenters. The summed E-state index contributed by atoms with van der Waals surface area (Å²) in [5.74, 6) is 2.01. The second kappa shape index (κ2) is 10.2. The summed E-state index contributed by atoms with van der Waals surface area (Å²) in [4.78, 5) is 6.44. The number of aliphatic hydroxyl groups excluding tert-OH is 1. The van der Waals surface area contributed by atoms with E-state index in [0.717, 1.165) is 39.5 Å². The molecule has 0 aliphatic carbocycles. The van der Waals surface area contributed by atoms with Crippen molar-refractivity contribution in [3.8, 4) is 11.5 Å². The molecule has 0 aliphatic rings. The Hall–Kier alpha value is -3.28. The van der Waals surface area contributed by atoms with Crippen LogP contribution in [-0.4, -0.2) is 35.7 Å². The minimum absolute atomic E-state index is 0.0881. The van der Waals surface area contributed by atoms with E-state index in [2.05, 4.69) is 16.4 Å². The number of halogens is 1. The number of hydrogen-bond acceptors (Lipinski definition) is 5. The zero-order valence-electron chi connectivity index (χ0n) is 17.0. The number of rotatable bonds is 9. The molecule has 0 bridgehead atoms. The van der Waals surface area contributed by atoms with E-state index < -0.39 is 0 Å². The molecule has 4 rings (SSSR count). The van der Waals surface area contributed by atoms with Gasteiger partial charge in [-0.3, -0.25) is 4.98 Å². The molecule has 158 valence electrons. The molecule has 0 radical (unpaired) electrons. The number of benzene rings is 3. The van der Waals surface area contributed by atoms with Gasteiger partial charge in [0.25, 0.3) is 0 Å². The molecular weight excluding hydrogens is 410 g/mol. The standard InChI is InChI=1S/C25H24ClN3O2/c26-14-16-29(17-18-30)20-7-11-22(12-8-20)31-21-9-5-19(6-10-21)28-25-13-15-27-24-4-2-1-3-23(24)25/h1-13,15,30H,14,16-18H2,(H,27,28). The minimum Gasteiger partial charge on any atom is -0.457 e. The molecule has 1 heterocycles. The third-order valence-electron chi connectivity index (χ3n) is 4.94. The van der Waals surface area contributed by atoms with Crippen LogP contribution >= 0.6 is 11.6 Å². The summed E-state index contributed by atoms with van der Waals surface area (Å²) in [6, 6.07) is 25.7. The Kier molecular flexibility index (Phi) is 6.87. The summed E-state index contributed by atoms with van der Waals surface area (Å²) in [6.07, 6.45) is 1.81. The van der Waals surface area contributed by atoms with Gasteiger partial charge in [-0.05, 0) is 60.7 Å². The normalized spacial score (nSPS) is 10.8. The first kappa shape index (κ1) is 21.0. The van der Waals surface area contributed by atoms with Gasteiger partial charge < -0.3 is 20.1 Å². The van der Waals surface area contributed by atoms with Crippen molar-refractivity contribution in [1.82, 2.24) is 4.98 Å². The molecule has 31 heavy (non-hydrogen) atoms. The molecule has 0 fully saturated rings. The number of nitrogens with one attached hydrogen (secondary N) is 1. The van der Waals surface area contributed by atoms with Crippen LogP contribution in [0.3, 0.4) is 0 Å². The van der Waals surface area contributed by atoms with Crippen LogP contribution in [0.2, 0.25) is 0 Å². The smallest absolute Gasteiger partial charge is 0.127 e. The van der Waals surface area contributed by atoms with Gasteiger partial charge in [0, 0.05) is 47.6 Å². The van der Waals surface area contributed by atoms with Gasteiger partial charge in [0.1, 0.15) is 11.5 Å². The van der Waals surface area contributed by atoms with E-state index in [1.165, 1.54) is 0 Å². The van der Waals surface area contributed by atoms with Crippen molar-refractivity contribution < 1.29 is 9.84 Å². The Bertz CT molecular complexity index is 1110. The molecular formula is C25H24ClN3O2. The number of anilines is 3. The number of pyridine rings is 1. The predicted octanol–water partition coefficient (Wildman–Crippen LogP) is 5.81. The number of aliphatic hydroxyl groups is 1. The summed E-state index contributed by atoms with van der Waals surface area (Å²) < 4.78 is 5.98. The second-order valence-corrected chi connectivity index (χ2v) is 7.40. The van der Waals surface area contributed by atoms with Crippen molar-refractivity contribution >= 4 is 39.6 Å². The molecule has 0 spiro atoms. The SMILES string of the molecule is OCCN(CCCl)c1ccc(Oc2ccc(Nc3ccnc4ccccc34)cc2)cc1. The Labute approximate surface area is 186 Å². The fourth-order valence-electron chi connectivity index (χ4n) is 3.42. The van der Waals surface area contributed by atoms with Crippen LogP contribution in [-0.2, 0) is 0 Å². The number of aromatic nitrogens is 1. The van der Waals surface area contributed by atoms with E-state index >= 15 is 0 Å². The number of ether oxygens (including phenoxy) is 1. The molecule has 1 aromatic heterocycles. The van der Waals surface area contributed by atoms with Gasteiger partial charge in [-0.2, -0.15) is 0 Å². The molecule has 6 heteroatoms. The maximum atomic E-state index is 9.22. The highest BCUT2D eigenvalue weighted by molar-refractivity contribution is 6.18. The highest BCUT2D eigenvalue weighted by atomic mass is 35.5. The quantitative estimate of drug-likeness (QED) is 0.326. The van der Waals surface area contributed by atoms with E-state index in [0.29, 0.717) is 19.0 Å². The van der Waals surface area contributed by atoms with Crippen LogP contribution in [0.5, 0.6) is 11.5 Å². The number of nitrogens with zero attached hydrogens (tertiary/aromatic N) is 2. The van der Waals surface area contributed by atoms with E-state index in [4.69, 9.17) is 16.3 Å². The molecule has 4 aromatic rings. The first-order valence-electron chi connectivity index (χ1n) is 10.2. The lowest BCUT2D eigenvalue weighted by molar-refractivity contribution is 0.302. The monoisotopic (exact) mass is 433 g/mol. The van der Waals surface area contributed by atoms with E-state index in [-0.39, 0.29) is 6.61 Å². The van der Waals surface area contributed by atoms with Gasteiger partial charge in [-0.15, -0.1) is 11.6 Å². The van der Waals surface area contributed by atoms with Crippen molar-refractivity contribution in [1.29, 1.82) is 0 Å². The summed E-state index contributed by atoms with van der Waals surface area (Å²) in [5.41, 5.74) is 3.95. The second-order valence-electron chi connectivity index (χ2n) is 7.02. The third kappa shape index (κ3) is 5.26. The van der Waals surface area contributed by atoms with E-state index in [1.54, 1.807) is 6.20 Å². The number of hydrogen-bond donors (Lipinski definition) is 2. The Balaban J connectivity index is 1.42. The van der Waals surface area contributed by atoms with Crippen LogP contribution in [0.1, 0.15) is 0 Å². The average Bonchev–Trinajstić information content (AvgIpc) is 2.81. The highest BCUT2D eigenvalue weighted by Crippen LogP contribution is 2.28. The molecule has 0 saturated carbocycles. The van der Waals surface area contributed by atoms with E-state index in [1.807, 2.05) is 77.7 Å². The van der Waals surface area contributed by atoms with Crippen molar-refractivity contribution in [3.63, 3.8) is 0 Å². The van der Waals surface area contributed by atoms with Crippen LogP contribution in [0, 0.1) is 0 Å². The molecule has 2 N–H and O–H groups in total. The Morgan fingerprint density at radius 1 is 0.871 bits per heavy atom. The Morgan fingerprint density at radius 3 is 2.29 bits per heavy atom. The fourth-order valence-corrected chi connectivity index (χ4v) is 3.62. The first-order chi connectivity index (χ1) is 15.3. The summed E-state index contributed by atoms with van der Waals surface area (Å²) >= 11 is 5.86. The maximum Gasteiger partial charge on any atom is 0.127 e. The minimum atomic E-state index is 0.0881. The van der Waals surface area contributed by atoms with Gasteiger partial charge in [-0.1, -0.05) is 18.2 Å². The lowest BCUT2D eigenvalue weighted by atomic mass is 10.2. The summed E-state index contributed by atoms with van der Waals surface area (Å²) in [5, 5.41) is 13.8. The topological polar surface area (TPSA) is 57.6 Å². The lowest BCUT2D eigenvalue weighted by Gasteiger charge is -2.23. The van der Waals surface area contributed by atoms with Crippen molar-refractivity contribution in [2.24, 2.45) is 0 Å². The Morgan fingerprint density at radius 2 is 1.58 bits per heavy atom. The zero-order chi connectivity index (χ0) is 21.5. The third-order valence-corrected chi connectivity index (χ3v) is 5.11.